The quantitative estimate of drug-likeness (QED) is 0.778. The molecule has 132 valence electrons. The molecule has 1 fully saturated rings. The normalized spacial score (nSPS) is 16.2. The molecule has 2 aromatic rings. The molecule has 0 bridgehead atoms. The van der Waals surface area contributed by atoms with Crippen LogP contribution in [0.5, 0.6) is 5.75 Å². The monoisotopic (exact) mass is 349 g/mol. The summed E-state index contributed by atoms with van der Waals surface area (Å²) in [5.74, 6) is -0.152. The summed E-state index contributed by atoms with van der Waals surface area (Å²) in [5, 5.41) is 9.09. The van der Waals surface area contributed by atoms with E-state index in [1.54, 1.807) is 36.3 Å². The summed E-state index contributed by atoms with van der Waals surface area (Å²) in [4.78, 5) is 28.4. The molecule has 1 aliphatic rings. The van der Waals surface area contributed by atoms with E-state index in [-0.39, 0.29) is 24.8 Å². The van der Waals surface area contributed by atoms with Gasteiger partial charge in [-0.1, -0.05) is 24.3 Å². The Morgan fingerprint density at radius 2 is 2.04 bits per heavy atom. The second kappa shape index (κ2) is 7.70. The minimum Gasteiger partial charge on any atom is -0.497 e. The van der Waals surface area contributed by atoms with E-state index in [4.69, 9.17) is 10.00 Å². The third-order valence-electron chi connectivity index (χ3n) is 4.40. The molecular formula is C20H19N3O3. The number of anilines is 2. The van der Waals surface area contributed by atoms with Crippen LogP contribution in [0, 0.1) is 17.2 Å². The maximum atomic E-state index is 13.0. The van der Waals surface area contributed by atoms with E-state index in [9.17, 15) is 9.59 Å². The molecule has 1 atom stereocenters. The van der Waals surface area contributed by atoms with Crippen LogP contribution in [-0.4, -0.2) is 32.0 Å². The van der Waals surface area contributed by atoms with Gasteiger partial charge in [0.25, 0.3) is 0 Å². The number of carbonyl (C=O) groups excluding carboxylic acids is 2. The lowest BCUT2D eigenvalue weighted by Crippen LogP contribution is -2.37. The van der Waals surface area contributed by atoms with Crippen molar-refractivity contribution in [3.8, 4) is 11.8 Å². The highest BCUT2D eigenvalue weighted by atomic mass is 16.5. The van der Waals surface area contributed by atoms with Gasteiger partial charge in [0.2, 0.25) is 11.8 Å². The van der Waals surface area contributed by atoms with Gasteiger partial charge in [0.1, 0.15) is 12.3 Å². The van der Waals surface area contributed by atoms with Gasteiger partial charge < -0.3 is 9.64 Å². The van der Waals surface area contributed by atoms with Crippen molar-refractivity contribution in [2.24, 2.45) is 5.92 Å². The third-order valence-corrected chi connectivity index (χ3v) is 4.40. The molecule has 0 spiro atoms. The molecular weight excluding hydrogens is 330 g/mol. The maximum Gasteiger partial charge on any atom is 0.233 e. The zero-order valence-electron chi connectivity index (χ0n) is 14.5. The average molecular weight is 349 g/mol. The molecule has 0 saturated carbocycles. The number of nitriles is 1. The zero-order valence-corrected chi connectivity index (χ0v) is 14.5. The minimum absolute atomic E-state index is 0.0489. The number of hydrogen-bond acceptors (Lipinski definition) is 4. The average Bonchev–Trinajstić information content (AvgIpc) is 3.08. The maximum absolute atomic E-state index is 13.0. The van der Waals surface area contributed by atoms with Gasteiger partial charge in [-0.25, -0.2) is 0 Å². The molecule has 1 saturated heterocycles. The Labute approximate surface area is 152 Å². The van der Waals surface area contributed by atoms with Crippen molar-refractivity contribution in [2.45, 2.75) is 6.42 Å². The van der Waals surface area contributed by atoms with E-state index in [1.807, 2.05) is 36.4 Å². The summed E-state index contributed by atoms with van der Waals surface area (Å²) in [6, 6.07) is 18.3. The predicted octanol–water partition coefficient (Wildman–Crippen LogP) is 2.60. The number of methoxy groups -OCH3 is 1. The number of hydrogen-bond donors (Lipinski definition) is 0. The molecule has 6 nitrogen and oxygen atoms in total. The van der Waals surface area contributed by atoms with E-state index < -0.39 is 5.92 Å². The first kappa shape index (κ1) is 17.5. The molecule has 2 amide bonds. The Morgan fingerprint density at radius 3 is 2.73 bits per heavy atom. The Balaban J connectivity index is 1.80. The fraction of sp³-hybridized carbons (Fsp3) is 0.250. The highest BCUT2D eigenvalue weighted by Gasteiger charge is 2.37. The topological polar surface area (TPSA) is 73.6 Å². The Bertz CT molecular complexity index is 845. The number of carbonyl (C=O) groups is 2. The SMILES string of the molecule is COc1cccc(N2C[C@H](C(=O)N(CC#N)c3ccccc3)CC2=O)c1. The van der Waals surface area contributed by atoms with Crippen molar-refractivity contribution in [2.75, 3.05) is 30.0 Å². The fourth-order valence-electron chi connectivity index (χ4n) is 3.10. The number of ether oxygens (including phenoxy) is 1. The van der Waals surface area contributed by atoms with Crippen LogP contribution in [0.4, 0.5) is 11.4 Å². The van der Waals surface area contributed by atoms with Crippen molar-refractivity contribution >= 4 is 23.2 Å². The summed E-state index contributed by atoms with van der Waals surface area (Å²) in [7, 11) is 1.57. The van der Waals surface area contributed by atoms with E-state index >= 15 is 0 Å². The number of benzene rings is 2. The first-order chi connectivity index (χ1) is 12.6. The largest absolute Gasteiger partial charge is 0.497 e. The summed E-state index contributed by atoms with van der Waals surface area (Å²) in [5.41, 5.74) is 1.36. The molecule has 0 radical (unpaired) electrons. The molecule has 3 rings (SSSR count). The lowest BCUT2D eigenvalue weighted by molar-refractivity contribution is -0.124. The van der Waals surface area contributed by atoms with Crippen molar-refractivity contribution in [3.63, 3.8) is 0 Å². The van der Waals surface area contributed by atoms with Crippen molar-refractivity contribution in [1.29, 1.82) is 5.26 Å². The van der Waals surface area contributed by atoms with Crippen LogP contribution < -0.4 is 14.5 Å². The van der Waals surface area contributed by atoms with E-state index in [0.717, 1.165) is 0 Å². The summed E-state index contributed by atoms with van der Waals surface area (Å²) >= 11 is 0. The van der Waals surface area contributed by atoms with Gasteiger partial charge >= 0.3 is 0 Å². The number of amides is 2. The van der Waals surface area contributed by atoms with Crippen LogP contribution in [0.1, 0.15) is 6.42 Å². The van der Waals surface area contributed by atoms with E-state index in [0.29, 0.717) is 23.7 Å². The van der Waals surface area contributed by atoms with E-state index in [1.165, 1.54) is 4.90 Å². The van der Waals surface area contributed by atoms with Gasteiger partial charge in [-0.2, -0.15) is 5.26 Å². The molecule has 1 heterocycles. The molecule has 0 aromatic heterocycles. The molecule has 6 heteroatoms. The molecule has 2 aromatic carbocycles. The van der Waals surface area contributed by atoms with Gasteiger partial charge in [0.05, 0.1) is 19.1 Å². The van der Waals surface area contributed by atoms with Crippen molar-refractivity contribution in [3.05, 3.63) is 54.6 Å². The van der Waals surface area contributed by atoms with Gasteiger partial charge in [-0.05, 0) is 24.3 Å². The molecule has 0 N–H and O–H groups in total. The van der Waals surface area contributed by atoms with Crippen LogP contribution in [0.3, 0.4) is 0 Å². The van der Waals surface area contributed by atoms with Crippen molar-refractivity contribution < 1.29 is 14.3 Å². The Kier molecular flexibility index (Phi) is 5.18. The van der Waals surface area contributed by atoms with E-state index in [2.05, 4.69) is 0 Å². The van der Waals surface area contributed by atoms with Gasteiger partial charge in [-0.3, -0.25) is 14.5 Å². The Morgan fingerprint density at radius 1 is 1.27 bits per heavy atom. The number of rotatable bonds is 5. The highest BCUT2D eigenvalue weighted by molar-refractivity contribution is 6.04. The minimum atomic E-state index is -0.484. The number of nitrogens with zero attached hydrogens (tertiary/aromatic N) is 3. The van der Waals surface area contributed by atoms with Gasteiger partial charge in [0, 0.05) is 30.4 Å². The van der Waals surface area contributed by atoms with Crippen LogP contribution in [0.15, 0.2) is 54.6 Å². The molecule has 26 heavy (non-hydrogen) atoms. The molecule has 1 aliphatic heterocycles. The predicted molar refractivity (Wildman–Crippen MR) is 97.9 cm³/mol. The highest BCUT2D eigenvalue weighted by Crippen LogP contribution is 2.29. The molecule has 0 aliphatic carbocycles. The number of para-hydroxylation sites is 1. The summed E-state index contributed by atoms with van der Waals surface area (Å²) in [6.07, 6.45) is 0.130. The third kappa shape index (κ3) is 3.52. The van der Waals surface area contributed by atoms with Crippen LogP contribution >= 0.6 is 0 Å². The smallest absolute Gasteiger partial charge is 0.233 e. The fourth-order valence-corrected chi connectivity index (χ4v) is 3.10. The van der Waals surface area contributed by atoms with Gasteiger partial charge in [0.15, 0.2) is 0 Å². The van der Waals surface area contributed by atoms with Crippen LogP contribution in [-0.2, 0) is 9.59 Å². The summed E-state index contributed by atoms with van der Waals surface area (Å²) in [6.45, 7) is 0.242. The van der Waals surface area contributed by atoms with Gasteiger partial charge in [-0.15, -0.1) is 0 Å². The lowest BCUT2D eigenvalue weighted by Gasteiger charge is -2.23. The standard InChI is InChI=1S/C20H19N3O3/c1-26-18-9-5-8-17(13-18)23-14-15(12-19(23)24)20(25)22(11-10-21)16-6-3-2-4-7-16/h2-9,13,15H,11-12,14H2,1H3/t15-/m1/s1. The second-order valence-electron chi connectivity index (χ2n) is 6.02. The molecule has 0 unspecified atom stereocenters. The van der Waals surface area contributed by atoms with Crippen molar-refractivity contribution in [1.82, 2.24) is 0 Å². The van der Waals surface area contributed by atoms with Crippen LogP contribution in [0.25, 0.3) is 0 Å². The first-order valence-electron chi connectivity index (χ1n) is 8.32. The lowest BCUT2D eigenvalue weighted by atomic mass is 10.1. The zero-order chi connectivity index (χ0) is 18.5. The summed E-state index contributed by atoms with van der Waals surface area (Å²) < 4.78 is 5.20. The first-order valence-corrected chi connectivity index (χ1v) is 8.32. The van der Waals surface area contributed by atoms with Crippen LogP contribution in [0.2, 0.25) is 0 Å². The second-order valence-corrected chi connectivity index (χ2v) is 6.02. The Hall–Kier alpha value is -3.33.